The highest BCUT2D eigenvalue weighted by molar-refractivity contribution is 5.73. The van der Waals surface area contributed by atoms with Gasteiger partial charge >= 0.3 is 0 Å². The van der Waals surface area contributed by atoms with Crippen LogP contribution in [0.25, 0.3) is 0 Å². The molecule has 0 rings (SSSR count). The van der Waals surface area contributed by atoms with Gasteiger partial charge in [-0.1, -0.05) is 6.08 Å². The Hall–Kier alpha value is -0.830. The first-order chi connectivity index (χ1) is 5.77. The molecule has 3 heteroatoms. The summed E-state index contributed by atoms with van der Waals surface area (Å²) in [6.45, 7) is 5.49. The molecule has 0 aliphatic heterocycles. The SMILES string of the molecule is C=CCCCNCCCC(N)=O. The molecule has 0 heterocycles. The predicted molar refractivity (Wildman–Crippen MR) is 50.7 cm³/mol. The molecular formula is C9H18N2O. The van der Waals surface area contributed by atoms with Gasteiger partial charge in [-0.3, -0.25) is 4.79 Å². The Bertz CT molecular complexity index is 134. The third-order valence-electron chi connectivity index (χ3n) is 1.54. The first-order valence-electron chi connectivity index (χ1n) is 4.37. The van der Waals surface area contributed by atoms with Crippen molar-refractivity contribution in [3.8, 4) is 0 Å². The molecule has 0 saturated carbocycles. The number of nitrogens with two attached hydrogens (primary N) is 1. The van der Waals surface area contributed by atoms with E-state index in [4.69, 9.17) is 5.73 Å². The van der Waals surface area contributed by atoms with E-state index in [2.05, 4.69) is 11.9 Å². The zero-order valence-corrected chi connectivity index (χ0v) is 7.51. The Morgan fingerprint density at radius 1 is 1.42 bits per heavy atom. The van der Waals surface area contributed by atoms with Crippen molar-refractivity contribution >= 4 is 5.91 Å². The fourth-order valence-corrected chi connectivity index (χ4v) is 0.884. The van der Waals surface area contributed by atoms with E-state index >= 15 is 0 Å². The van der Waals surface area contributed by atoms with Gasteiger partial charge in [0.15, 0.2) is 0 Å². The molecule has 0 aromatic carbocycles. The Morgan fingerprint density at radius 2 is 2.08 bits per heavy atom. The van der Waals surface area contributed by atoms with E-state index < -0.39 is 0 Å². The maximum atomic E-state index is 10.3. The summed E-state index contributed by atoms with van der Waals surface area (Å²) in [6.07, 6.45) is 5.38. The molecule has 1 amide bonds. The van der Waals surface area contributed by atoms with Crippen molar-refractivity contribution < 1.29 is 4.79 Å². The van der Waals surface area contributed by atoms with E-state index in [0.717, 1.165) is 32.4 Å². The van der Waals surface area contributed by atoms with Crippen molar-refractivity contribution in [2.24, 2.45) is 5.73 Å². The zero-order valence-electron chi connectivity index (χ0n) is 7.51. The topological polar surface area (TPSA) is 55.1 Å². The maximum absolute atomic E-state index is 10.3. The molecule has 0 aliphatic rings. The van der Waals surface area contributed by atoms with E-state index in [1.165, 1.54) is 0 Å². The van der Waals surface area contributed by atoms with Crippen LogP contribution in [0, 0.1) is 0 Å². The lowest BCUT2D eigenvalue weighted by Crippen LogP contribution is -2.19. The summed E-state index contributed by atoms with van der Waals surface area (Å²) in [5.74, 6) is -0.220. The number of hydrogen-bond acceptors (Lipinski definition) is 2. The van der Waals surface area contributed by atoms with Gasteiger partial charge in [0.05, 0.1) is 0 Å². The molecular weight excluding hydrogens is 152 g/mol. The zero-order chi connectivity index (χ0) is 9.23. The van der Waals surface area contributed by atoms with Crippen LogP contribution in [0.3, 0.4) is 0 Å². The number of primary amides is 1. The van der Waals surface area contributed by atoms with E-state index in [0.29, 0.717) is 6.42 Å². The van der Waals surface area contributed by atoms with E-state index in [1.54, 1.807) is 0 Å². The lowest BCUT2D eigenvalue weighted by atomic mass is 10.3. The van der Waals surface area contributed by atoms with Crippen molar-refractivity contribution in [1.29, 1.82) is 0 Å². The smallest absolute Gasteiger partial charge is 0.217 e. The molecule has 3 nitrogen and oxygen atoms in total. The van der Waals surface area contributed by atoms with Crippen LogP contribution < -0.4 is 11.1 Å². The standard InChI is InChI=1S/C9H18N2O/c1-2-3-4-7-11-8-5-6-9(10)12/h2,11H,1,3-8H2,(H2,10,12). The lowest BCUT2D eigenvalue weighted by molar-refractivity contribution is -0.118. The van der Waals surface area contributed by atoms with Crippen LogP contribution in [-0.4, -0.2) is 19.0 Å². The van der Waals surface area contributed by atoms with Gasteiger partial charge in [-0.05, 0) is 32.4 Å². The molecule has 0 unspecified atom stereocenters. The van der Waals surface area contributed by atoms with Crippen molar-refractivity contribution in [3.63, 3.8) is 0 Å². The first kappa shape index (κ1) is 11.2. The Balaban J connectivity index is 2.90. The minimum absolute atomic E-state index is 0.220. The van der Waals surface area contributed by atoms with Crippen molar-refractivity contribution in [2.75, 3.05) is 13.1 Å². The maximum Gasteiger partial charge on any atom is 0.217 e. The largest absolute Gasteiger partial charge is 0.370 e. The average molecular weight is 170 g/mol. The first-order valence-corrected chi connectivity index (χ1v) is 4.37. The van der Waals surface area contributed by atoms with Gasteiger partial charge < -0.3 is 11.1 Å². The van der Waals surface area contributed by atoms with E-state index in [1.807, 2.05) is 6.08 Å². The number of nitrogens with one attached hydrogen (secondary N) is 1. The number of unbranched alkanes of at least 4 members (excludes halogenated alkanes) is 1. The summed E-state index contributed by atoms with van der Waals surface area (Å²) in [7, 11) is 0. The van der Waals surface area contributed by atoms with E-state index in [-0.39, 0.29) is 5.91 Å². The molecule has 3 N–H and O–H groups in total. The summed E-state index contributed by atoms with van der Waals surface area (Å²) in [5, 5.41) is 3.22. The molecule has 0 aliphatic carbocycles. The molecule has 0 bridgehead atoms. The molecule has 0 spiro atoms. The second-order valence-corrected chi connectivity index (χ2v) is 2.75. The van der Waals surface area contributed by atoms with Crippen LogP contribution in [0.15, 0.2) is 12.7 Å². The minimum Gasteiger partial charge on any atom is -0.370 e. The highest BCUT2D eigenvalue weighted by Crippen LogP contribution is 1.88. The molecule has 0 aromatic rings. The molecule has 0 atom stereocenters. The highest BCUT2D eigenvalue weighted by atomic mass is 16.1. The molecule has 12 heavy (non-hydrogen) atoms. The second-order valence-electron chi connectivity index (χ2n) is 2.75. The Kier molecular flexibility index (Phi) is 7.70. The van der Waals surface area contributed by atoms with Crippen LogP contribution >= 0.6 is 0 Å². The second kappa shape index (κ2) is 8.27. The van der Waals surface area contributed by atoms with Gasteiger partial charge in [-0.2, -0.15) is 0 Å². The number of amides is 1. The number of carbonyl (C=O) groups excluding carboxylic acids is 1. The van der Waals surface area contributed by atoms with Gasteiger partial charge in [0.25, 0.3) is 0 Å². The van der Waals surface area contributed by atoms with Gasteiger partial charge in [-0.25, -0.2) is 0 Å². The molecule has 70 valence electrons. The third kappa shape index (κ3) is 9.17. The molecule has 0 aromatic heterocycles. The van der Waals surface area contributed by atoms with Gasteiger partial charge in [0.1, 0.15) is 0 Å². The number of rotatable bonds is 8. The van der Waals surface area contributed by atoms with Crippen LogP contribution in [0.4, 0.5) is 0 Å². The summed E-state index contributed by atoms with van der Waals surface area (Å²) < 4.78 is 0. The minimum atomic E-state index is -0.220. The summed E-state index contributed by atoms with van der Waals surface area (Å²) >= 11 is 0. The summed E-state index contributed by atoms with van der Waals surface area (Å²) in [4.78, 5) is 10.3. The normalized spacial score (nSPS) is 9.67. The summed E-state index contributed by atoms with van der Waals surface area (Å²) in [6, 6.07) is 0. The fourth-order valence-electron chi connectivity index (χ4n) is 0.884. The predicted octanol–water partition coefficient (Wildman–Crippen LogP) is 0.808. The number of allylic oxidation sites excluding steroid dienone is 1. The van der Waals surface area contributed by atoms with Crippen LogP contribution in [0.5, 0.6) is 0 Å². The van der Waals surface area contributed by atoms with Crippen LogP contribution in [0.1, 0.15) is 25.7 Å². The van der Waals surface area contributed by atoms with Gasteiger partial charge in [0.2, 0.25) is 5.91 Å². The van der Waals surface area contributed by atoms with Gasteiger partial charge in [-0.15, -0.1) is 6.58 Å². The summed E-state index contributed by atoms with van der Waals surface area (Å²) in [5.41, 5.74) is 4.97. The van der Waals surface area contributed by atoms with Crippen molar-refractivity contribution in [2.45, 2.75) is 25.7 Å². The Morgan fingerprint density at radius 3 is 2.67 bits per heavy atom. The van der Waals surface area contributed by atoms with Gasteiger partial charge in [0, 0.05) is 6.42 Å². The number of carbonyl (C=O) groups is 1. The van der Waals surface area contributed by atoms with Crippen molar-refractivity contribution in [1.82, 2.24) is 5.32 Å². The monoisotopic (exact) mass is 170 g/mol. The third-order valence-corrected chi connectivity index (χ3v) is 1.54. The lowest BCUT2D eigenvalue weighted by Gasteiger charge is -2.01. The quantitative estimate of drug-likeness (QED) is 0.418. The molecule has 0 saturated heterocycles. The highest BCUT2D eigenvalue weighted by Gasteiger charge is 1.92. The van der Waals surface area contributed by atoms with Crippen LogP contribution in [0.2, 0.25) is 0 Å². The molecule has 0 radical (unpaired) electrons. The van der Waals surface area contributed by atoms with Crippen LogP contribution in [-0.2, 0) is 4.79 Å². The Labute approximate surface area is 74.0 Å². The average Bonchev–Trinajstić information content (AvgIpc) is 2.02. The molecule has 0 fully saturated rings. The van der Waals surface area contributed by atoms with E-state index in [9.17, 15) is 4.79 Å². The fraction of sp³-hybridized carbons (Fsp3) is 0.667. The number of hydrogen-bond donors (Lipinski definition) is 2. The van der Waals surface area contributed by atoms with Crippen molar-refractivity contribution in [3.05, 3.63) is 12.7 Å².